The van der Waals surface area contributed by atoms with E-state index in [4.69, 9.17) is 4.74 Å². The topological polar surface area (TPSA) is 76.1 Å². The van der Waals surface area contributed by atoms with Crippen LogP contribution in [0.1, 0.15) is 29.8 Å². The number of nitrogens with one attached hydrogen (secondary N) is 2. The number of carbonyl (C=O) groups excluding carboxylic acids is 1. The Bertz CT molecular complexity index is 889. The van der Waals surface area contributed by atoms with Crippen LogP contribution in [0.3, 0.4) is 0 Å². The Morgan fingerprint density at radius 2 is 1.52 bits per heavy atom. The third kappa shape index (κ3) is 5.28. The monoisotopic (exact) mass is 362 g/mol. The van der Waals surface area contributed by atoms with E-state index in [1.165, 1.54) is 18.0 Å². The van der Waals surface area contributed by atoms with Crippen LogP contribution in [0.2, 0.25) is 0 Å². The Labute approximate surface area is 158 Å². The van der Waals surface area contributed by atoms with Crippen LogP contribution in [0.25, 0.3) is 0 Å². The van der Waals surface area contributed by atoms with Gasteiger partial charge in [0.15, 0.2) is 0 Å². The second-order valence-electron chi connectivity index (χ2n) is 6.43. The maximum absolute atomic E-state index is 12.3. The molecule has 0 atom stereocenters. The lowest BCUT2D eigenvalue weighted by Gasteiger charge is -2.10. The van der Waals surface area contributed by atoms with E-state index in [0.717, 1.165) is 11.4 Å². The fraction of sp³-hybridized carbons (Fsp3) is 0.190. The lowest BCUT2D eigenvalue weighted by Crippen LogP contribution is -2.13. The summed E-state index contributed by atoms with van der Waals surface area (Å²) in [6.45, 7) is 5.96. The van der Waals surface area contributed by atoms with Crippen molar-refractivity contribution in [1.29, 1.82) is 0 Å². The van der Waals surface area contributed by atoms with Crippen molar-refractivity contribution in [3.8, 4) is 5.75 Å². The molecule has 1 aromatic heterocycles. The number of ether oxygens (including phenoxy) is 1. The molecule has 0 fully saturated rings. The first kappa shape index (κ1) is 18.4. The summed E-state index contributed by atoms with van der Waals surface area (Å²) in [5, 5.41) is 5.92. The second kappa shape index (κ2) is 8.31. The molecule has 1 heterocycles. The van der Waals surface area contributed by atoms with Gasteiger partial charge in [0.25, 0.3) is 5.91 Å². The van der Waals surface area contributed by atoms with Gasteiger partial charge in [-0.2, -0.15) is 0 Å². The third-order valence-electron chi connectivity index (χ3n) is 3.71. The minimum atomic E-state index is -0.269. The molecule has 0 aliphatic heterocycles. The Hall–Kier alpha value is -3.41. The van der Waals surface area contributed by atoms with Crippen LogP contribution in [0.15, 0.2) is 60.9 Å². The number of hydrogen-bond donors (Lipinski definition) is 2. The Balaban J connectivity index is 1.60. The molecule has 0 aliphatic carbocycles. The van der Waals surface area contributed by atoms with Gasteiger partial charge < -0.3 is 15.4 Å². The van der Waals surface area contributed by atoms with Crippen LogP contribution in [0.4, 0.5) is 17.3 Å². The SMILES string of the molecule is Cc1ccc(Nc2ncc(C(=O)Nc3ccc(OC(C)C)cc3)cn2)cc1. The summed E-state index contributed by atoms with van der Waals surface area (Å²) in [7, 11) is 0. The zero-order valence-electron chi connectivity index (χ0n) is 15.6. The molecule has 0 aliphatic rings. The molecule has 2 aromatic carbocycles. The van der Waals surface area contributed by atoms with E-state index in [1.807, 2.05) is 57.2 Å². The van der Waals surface area contributed by atoms with Crippen LogP contribution in [-0.4, -0.2) is 22.0 Å². The zero-order valence-corrected chi connectivity index (χ0v) is 15.6. The maximum atomic E-state index is 12.3. The minimum absolute atomic E-state index is 0.106. The van der Waals surface area contributed by atoms with E-state index < -0.39 is 0 Å². The number of carbonyl (C=O) groups is 1. The number of rotatable bonds is 6. The number of hydrogen-bond acceptors (Lipinski definition) is 5. The third-order valence-corrected chi connectivity index (χ3v) is 3.71. The largest absolute Gasteiger partial charge is 0.491 e. The summed E-state index contributed by atoms with van der Waals surface area (Å²) in [4.78, 5) is 20.7. The summed E-state index contributed by atoms with van der Waals surface area (Å²) in [5.41, 5.74) is 3.13. The van der Waals surface area contributed by atoms with E-state index in [9.17, 15) is 4.79 Å². The van der Waals surface area contributed by atoms with E-state index in [1.54, 1.807) is 12.1 Å². The lowest BCUT2D eigenvalue weighted by atomic mass is 10.2. The molecule has 3 aromatic rings. The smallest absolute Gasteiger partial charge is 0.258 e. The van der Waals surface area contributed by atoms with E-state index in [-0.39, 0.29) is 12.0 Å². The Morgan fingerprint density at radius 1 is 0.926 bits per heavy atom. The molecule has 0 unspecified atom stereocenters. The fourth-order valence-corrected chi connectivity index (χ4v) is 2.37. The molecule has 0 bridgehead atoms. The predicted octanol–water partition coefficient (Wildman–Crippen LogP) is 4.57. The number of aromatic nitrogens is 2. The van der Waals surface area contributed by atoms with Crippen molar-refractivity contribution < 1.29 is 9.53 Å². The molecule has 0 saturated heterocycles. The first-order valence-electron chi connectivity index (χ1n) is 8.73. The van der Waals surface area contributed by atoms with Gasteiger partial charge in [0.1, 0.15) is 5.75 Å². The van der Waals surface area contributed by atoms with Crippen LogP contribution in [-0.2, 0) is 0 Å². The normalized spacial score (nSPS) is 10.5. The number of anilines is 3. The fourth-order valence-electron chi connectivity index (χ4n) is 2.37. The molecule has 6 nitrogen and oxygen atoms in total. The first-order valence-corrected chi connectivity index (χ1v) is 8.73. The summed E-state index contributed by atoms with van der Waals surface area (Å²) in [6, 6.07) is 15.1. The highest BCUT2D eigenvalue weighted by atomic mass is 16.5. The zero-order chi connectivity index (χ0) is 19.2. The van der Waals surface area contributed by atoms with Crippen LogP contribution in [0, 0.1) is 6.92 Å². The quantitative estimate of drug-likeness (QED) is 0.672. The molecule has 0 saturated carbocycles. The van der Waals surface area contributed by atoms with Crippen molar-refractivity contribution in [2.45, 2.75) is 26.9 Å². The van der Waals surface area contributed by atoms with Gasteiger partial charge in [-0.3, -0.25) is 4.79 Å². The predicted molar refractivity (Wildman–Crippen MR) is 107 cm³/mol. The highest BCUT2D eigenvalue weighted by molar-refractivity contribution is 6.03. The summed E-state index contributed by atoms with van der Waals surface area (Å²) in [6.07, 6.45) is 3.10. The van der Waals surface area contributed by atoms with Gasteiger partial charge in [-0.25, -0.2) is 9.97 Å². The van der Waals surface area contributed by atoms with Crippen molar-refractivity contribution in [2.75, 3.05) is 10.6 Å². The van der Waals surface area contributed by atoms with Crippen LogP contribution in [0.5, 0.6) is 5.75 Å². The highest BCUT2D eigenvalue weighted by Crippen LogP contribution is 2.18. The van der Waals surface area contributed by atoms with Crippen molar-refractivity contribution in [3.05, 3.63) is 72.1 Å². The highest BCUT2D eigenvalue weighted by Gasteiger charge is 2.08. The summed E-state index contributed by atoms with van der Waals surface area (Å²) in [5.74, 6) is 0.929. The van der Waals surface area contributed by atoms with E-state index in [0.29, 0.717) is 17.2 Å². The van der Waals surface area contributed by atoms with Crippen molar-refractivity contribution >= 4 is 23.2 Å². The average Bonchev–Trinajstić information content (AvgIpc) is 2.65. The van der Waals surface area contributed by atoms with Crippen molar-refractivity contribution in [1.82, 2.24) is 9.97 Å². The van der Waals surface area contributed by atoms with Gasteiger partial charge in [0, 0.05) is 23.8 Å². The summed E-state index contributed by atoms with van der Waals surface area (Å²) >= 11 is 0. The molecule has 0 spiro atoms. The number of benzene rings is 2. The van der Waals surface area contributed by atoms with Crippen LogP contribution >= 0.6 is 0 Å². The molecule has 0 radical (unpaired) electrons. The van der Waals surface area contributed by atoms with Gasteiger partial charge >= 0.3 is 0 Å². The molecule has 138 valence electrons. The number of aryl methyl sites for hydroxylation is 1. The first-order chi connectivity index (χ1) is 13.0. The Morgan fingerprint density at radius 3 is 2.11 bits per heavy atom. The number of nitrogens with zero attached hydrogens (tertiary/aromatic N) is 2. The van der Waals surface area contributed by atoms with Crippen LogP contribution < -0.4 is 15.4 Å². The average molecular weight is 362 g/mol. The molecular weight excluding hydrogens is 340 g/mol. The van der Waals surface area contributed by atoms with Crippen molar-refractivity contribution in [2.24, 2.45) is 0 Å². The van der Waals surface area contributed by atoms with Gasteiger partial charge in [-0.05, 0) is 57.2 Å². The molecule has 2 N–H and O–H groups in total. The molecule has 27 heavy (non-hydrogen) atoms. The maximum Gasteiger partial charge on any atom is 0.258 e. The molecular formula is C21H22N4O2. The van der Waals surface area contributed by atoms with E-state index in [2.05, 4.69) is 20.6 Å². The van der Waals surface area contributed by atoms with Gasteiger partial charge in [-0.1, -0.05) is 17.7 Å². The van der Waals surface area contributed by atoms with Gasteiger partial charge in [0.2, 0.25) is 5.95 Å². The lowest BCUT2D eigenvalue weighted by molar-refractivity contribution is 0.102. The summed E-state index contributed by atoms with van der Waals surface area (Å²) < 4.78 is 5.59. The number of amides is 1. The minimum Gasteiger partial charge on any atom is -0.491 e. The molecule has 3 rings (SSSR count). The molecule has 1 amide bonds. The van der Waals surface area contributed by atoms with Gasteiger partial charge in [-0.15, -0.1) is 0 Å². The molecule has 6 heteroatoms. The van der Waals surface area contributed by atoms with E-state index >= 15 is 0 Å². The Kier molecular flexibility index (Phi) is 5.66. The second-order valence-corrected chi connectivity index (χ2v) is 6.43. The van der Waals surface area contributed by atoms with Gasteiger partial charge in [0.05, 0.1) is 11.7 Å². The van der Waals surface area contributed by atoms with Crippen molar-refractivity contribution in [3.63, 3.8) is 0 Å². The standard InChI is InChI=1S/C21H22N4O2/c1-14(2)27-19-10-8-17(9-11-19)24-20(26)16-12-22-21(23-13-16)25-18-6-4-15(3)5-7-18/h4-14H,1-3H3,(H,24,26)(H,22,23,25).